The number of hydrogen-bond donors (Lipinski definition) is 1. The molecule has 0 saturated carbocycles. The van der Waals surface area contributed by atoms with Crippen molar-refractivity contribution in [3.05, 3.63) is 0 Å². The van der Waals surface area contributed by atoms with Crippen LogP contribution < -0.4 is 5.73 Å². The monoisotopic (exact) mass is 237 g/mol. The van der Waals surface area contributed by atoms with Gasteiger partial charge >= 0.3 is 5.97 Å². The summed E-state index contributed by atoms with van der Waals surface area (Å²) in [6.45, 7) is 4.85. The van der Waals surface area contributed by atoms with Gasteiger partial charge in [0.05, 0.1) is 17.6 Å². The van der Waals surface area contributed by atoms with Crippen molar-refractivity contribution in [3.8, 4) is 0 Å². The lowest BCUT2D eigenvalue weighted by Crippen LogP contribution is -2.37. The van der Waals surface area contributed by atoms with E-state index in [1.54, 1.807) is 20.8 Å². The Balaban J connectivity index is 4.36. The number of ether oxygens (including phenoxy) is 1. The smallest absolute Gasteiger partial charge is 0.322 e. The van der Waals surface area contributed by atoms with E-state index in [-0.39, 0.29) is 12.2 Å². The minimum Gasteiger partial charge on any atom is -0.468 e. The van der Waals surface area contributed by atoms with Crippen LogP contribution in [0.25, 0.3) is 0 Å². The first-order chi connectivity index (χ1) is 6.62. The quantitative estimate of drug-likeness (QED) is 0.700. The molecule has 0 aliphatic heterocycles. The van der Waals surface area contributed by atoms with Crippen molar-refractivity contribution in [1.29, 1.82) is 0 Å². The minimum absolute atomic E-state index is 0.0896. The molecule has 6 heteroatoms. The van der Waals surface area contributed by atoms with Crippen molar-refractivity contribution in [1.82, 2.24) is 0 Å². The lowest BCUT2D eigenvalue weighted by Gasteiger charge is -2.19. The number of carbonyl (C=O) groups excluding carboxylic acids is 1. The fourth-order valence-electron chi connectivity index (χ4n) is 0.858. The summed E-state index contributed by atoms with van der Waals surface area (Å²) in [6, 6.07) is -0.868. The number of sulfone groups is 1. The molecule has 15 heavy (non-hydrogen) atoms. The molecule has 90 valence electrons. The van der Waals surface area contributed by atoms with Crippen molar-refractivity contribution in [2.24, 2.45) is 5.73 Å². The van der Waals surface area contributed by atoms with Gasteiger partial charge in [0.25, 0.3) is 0 Å². The molecule has 0 saturated heterocycles. The van der Waals surface area contributed by atoms with E-state index in [1.807, 2.05) is 0 Å². The molecule has 0 aromatic carbocycles. The SMILES string of the molecule is COC(=O)C(N)CCS(=O)(=O)C(C)(C)C. The molecule has 5 nitrogen and oxygen atoms in total. The maximum absolute atomic E-state index is 11.7. The van der Waals surface area contributed by atoms with Crippen LogP contribution in [0.15, 0.2) is 0 Å². The van der Waals surface area contributed by atoms with Crippen LogP contribution in [0.1, 0.15) is 27.2 Å². The van der Waals surface area contributed by atoms with Gasteiger partial charge in [-0.2, -0.15) is 0 Å². The third-order valence-electron chi connectivity index (χ3n) is 2.13. The van der Waals surface area contributed by atoms with Crippen LogP contribution in [0, 0.1) is 0 Å². The van der Waals surface area contributed by atoms with Gasteiger partial charge in [-0.1, -0.05) is 0 Å². The van der Waals surface area contributed by atoms with Gasteiger partial charge < -0.3 is 10.5 Å². The number of esters is 1. The van der Waals surface area contributed by atoms with Gasteiger partial charge in [0.2, 0.25) is 0 Å². The molecule has 0 aromatic rings. The van der Waals surface area contributed by atoms with E-state index in [9.17, 15) is 13.2 Å². The van der Waals surface area contributed by atoms with Crippen LogP contribution in [0.3, 0.4) is 0 Å². The fourth-order valence-corrected chi connectivity index (χ4v) is 2.03. The molecule has 0 aromatic heterocycles. The predicted octanol–water partition coefficient (Wildman–Crippen LogP) is 0.0901. The first kappa shape index (κ1) is 14.4. The van der Waals surface area contributed by atoms with Crippen LogP contribution >= 0.6 is 0 Å². The Kier molecular flexibility index (Phi) is 4.73. The molecule has 0 radical (unpaired) electrons. The van der Waals surface area contributed by atoms with Crippen LogP contribution in [-0.2, 0) is 19.4 Å². The second kappa shape index (κ2) is 4.94. The van der Waals surface area contributed by atoms with E-state index in [0.717, 1.165) is 0 Å². The van der Waals surface area contributed by atoms with Crippen molar-refractivity contribution in [3.63, 3.8) is 0 Å². The average molecular weight is 237 g/mol. The number of hydrogen-bond acceptors (Lipinski definition) is 5. The van der Waals surface area contributed by atoms with Gasteiger partial charge in [-0.3, -0.25) is 4.79 Å². The normalized spacial score (nSPS) is 14.7. The molecule has 0 bridgehead atoms. The number of nitrogens with two attached hydrogens (primary N) is 1. The third-order valence-corrected chi connectivity index (χ3v) is 4.77. The Morgan fingerprint density at radius 3 is 2.20 bits per heavy atom. The number of rotatable bonds is 4. The van der Waals surface area contributed by atoms with E-state index in [4.69, 9.17) is 5.73 Å². The van der Waals surface area contributed by atoms with E-state index in [1.165, 1.54) is 7.11 Å². The molecule has 0 rings (SSSR count). The van der Waals surface area contributed by atoms with Gasteiger partial charge in [0, 0.05) is 0 Å². The zero-order valence-electron chi connectivity index (χ0n) is 9.61. The Morgan fingerprint density at radius 1 is 1.40 bits per heavy atom. The highest BCUT2D eigenvalue weighted by atomic mass is 32.2. The van der Waals surface area contributed by atoms with E-state index in [2.05, 4.69) is 4.74 Å². The molecular formula is C9H19NO4S. The minimum atomic E-state index is -3.22. The first-order valence-corrected chi connectivity index (χ1v) is 6.33. The third kappa shape index (κ3) is 4.17. The lowest BCUT2D eigenvalue weighted by atomic mass is 10.2. The summed E-state index contributed by atoms with van der Waals surface area (Å²) in [7, 11) is -2.00. The van der Waals surface area contributed by atoms with Crippen molar-refractivity contribution < 1.29 is 17.9 Å². The zero-order valence-corrected chi connectivity index (χ0v) is 10.4. The first-order valence-electron chi connectivity index (χ1n) is 4.67. The molecule has 2 N–H and O–H groups in total. The summed E-state index contributed by atoms with van der Waals surface area (Å²) in [5.74, 6) is -0.689. The maximum atomic E-state index is 11.7. The summed E-state index contributed by atoms with van der Waals surface area (Å²) >= 11 is 0. The lowest BCUT2D eigenvalue weighted by molar-refractivity contribution is -0.142. The molecular weight excluding hydrogens is 218 g/mol. The zero-order chi connectivity index (χ0) is 12.3. The second-order valence-electron chi connectivity index (χ2n) is 4.35. The summed E-state index contributed by atoms with van der Waals surface area (Å²) in [5, 5.41) is 0. The molecule has 1 unspecified atom stereocenters. The van der Waals surface area contributed by atoms with Gasteiger partial charge in [0.15, 0.2) is 9.84 Å². The Bertz CT molecular complexity index is 315. The molecule has 0 amide bonds. The Hall–Kier alpha value is -0.620. The predicted molar refractivity (Wildman–Crippen MR) is 58.1 cm³/mol. The van der Waals surface area contributed by atoms with Crippen LogP contribution in [-0.4, -0.2) is 38.0 Å². The maximum Gasteiger partial charge on any atom is 0.322 e. The van der Waals surface area contributed by atoms with Crippen LogP contribution in [0.2, 0.25) is 0 Å². The van der Waals surface area contributed by atoms with Gasteiger partial charge in [0.1, 0.15) is 6.04 Å². The molecule has 0 fully saturated rings. The highest BCUT2D eigenvalue weighted by Crippen LogP contribution is 2.17. The topological polar surface area (TPSA) is 86.5 Å². The van der Waals surface area contributed by atoms with Crippen LogP contribution in [0.5, 0.6) is 0 Å². The summed E-state index contributed by atoms with van der Waals surface area (Å²) in [4.78, 5) is 10.9. The van der Waals surface area contributed by atoms with E-state index < -0.39 is 26.6 Å². The number of carbonyl (C=O) groups is 1. The van der Waals surface area contributed by atoms with Crippen LogP contribution in [0.4, 0.5) is 0 Å². The highest BCUT2D eigenvalue weighted by molar-refractivity contribution is 7.92. The van der Waals surface area contributed by atoms with Crippen molar-refractivity contribution in [2.45, 2.75) is 38.0 Å². The average Bonchev–Trinajstić information content (AvgIpc) is 2.11. The van der Waals surface area contributed by atoms with Gasteiger partial charge in [-0.05, 0) is 27.2 Å². The second-order valence-corrected chi connectivity index (χ2v) is 7.21. The molecule has 0 heterocycles. The number of methoxy groups -OCH3 is 1. The molecule has 0 spiro atoms. The summed E-state index contributed by atoms with van der Waals surface area (Å²) in [5.41, 5.74) is 5.44. The van der Waals surface area contributed by atoms with Gasteiger partial charge in [-0.15, -0.1) is 0 Å². The Labute approximate surface area is 90.9 Å². The molecule has 0 aliphatic carbocycles. The van der Waals surface area contributed by atoms with E-state index >= 15 is 0 Å². The molecule has 1 atom stereocenters. The highest BCUT2D eigenvalue weighted by Gasteiger charge is 2.29. The van der Waals surface area contributed by atoms with Crippen molar-refractivity contribution >= 4 is 15.8 Å². The standard InChI is InChI=1S/C9H19NO4S/c1-9(2,3)15(12,13)6-5-7(10)8(11)14-4/h7H,5-6,10H2,1-4H3. The summed E-state index contributed by atoms with van der Waals surface area (Å²) in [6.07, 6.45) is 0.0896. The Morgan fingerprint density at radius 2 is 1.87 bits per heavy atom. The van der Waals surface area contributed by atoms with Crippen molar-refractivity contribution in [2.75, 3.05) is 12.9 Å². The summed E-state index contributed by atoms with van der Waals surface area (Å²) < 4.78 is 26.9. The fraction of sp³-hybridized carbons (Fsp3) is 0.889. The van der Waals surface area contributed by atoms with E-state index in [0.29, 0.717) is 0 Å². The van der Waals surface area contributed by atoms with Gasteiger partial charge in [-0.25, -0.2) is 8.42 Å². The molecule has 0 aliphatic rings. The largest absolute Gasteiger partial charge is 0.468 e.